The number of benzene rings is 2. The third-order valence-electron chi connectivity index (χ3n) is 4.78. The minimum Gasteiger partial charge on any atom is -0.395 e. The summed E-state index contributed by atoms with van der Waals surface area (Å²) >= 11 is 0. The first-order chi connectivity index (χ1) is 12.6. The van der Waals surface area contributed by atoms with Gasteiger partial charge in [0.25, 0.3) is 0 Å². The summed E-state index contributed by atoms with van der Waals surface area (Å²) in [5.74, 6) is 0. The summed E-state index contributed by atoms with van der Waals surface area (Å²) in [4.78, 5) is 2.22. The maximum atomic E-state index is 12.9. The van der Waals surface area contributed by atoms with Gasteiger partial charge in [-0.25, -0.2) is 8.42 Å². The first-order valence-corrected chi connectivity index (χ1v) is 10.1. The molecule has 0 aromatic heterocycles. The van der Waals surface area contributed by atoms with Crippen LogP contribution >= 0.6 is 0 Å². The van der Waals surface area contributed by atoms with Crippen LogP contribution in [0.5, 0.6) is 0 Å². The second-order valence-corrected chi connectivity index (χ2v) is 8.40. The maximum absolute atomic E-state index is 12.9. The molecule has 7 heteroatoms. The fourth-order valence-corrected chi connectivity index (χ4v) is 4.90. The van der Waals surface area contributed by atoms with E-state index in [1.54, 1.807) is 30.3 Å². The Morgan fingerprint density at radius 2 is 1.35 bits per heavy atom. The van der Waals surface area contributed by atoms with Crippen LogP contribution in [-0.4, -0.2) is 66.2 Å². The van der Waals surface area contributed by atoms with Crippen molar-refractivity contribution in [2.75, 3.05) is 26.3 Å². The van der Waals surface area contributed by atoms with E-state index in [4.69, 9.17) is 0 Å². The van der Waals surface area contributed by atoms with Crippen LogP contribution in [0.15, 0.2) is 65.6 Å². The molecule has 2 N–H and O–H groups in total. The van der Waals surface area contributed by atoms with Gasteiger partial charge in [0.2, 0.25) is 10.0 Å². The van der Waals surface area contributed by atoms with Crippen LogP contribution in [0, 0.1) is 0 Å². The topological polar surface area (TPSA) is 81.1 Å². The highest BCUT2D eigenvalue weighted by Crippen LogP contribution is 2.24. The van der Waals surface area contributed by atoms with Gasteiger partial charge in [-0.2, -0.15) is 4.31 Å². The highest BCUT2D eigenvalue weighted by molar-refractivity contribution is 7.89. The lowest BCUT2D eigenvalue weighted by molar-refractivity contribution is -0.00285. The fourth-order valence-electron chi connectivity index (χ4n) is 3.37. The van der Waals surface area contributed by atoms with Gasteiger partial charge in [0, 0.05) is 31.7 Å². The van der Waals surface area contributed by atoms with Gasteiger partial charge >= 0.3 is 0 Å². The van der Waals surface area contributed by atoms with Gasteiger partial charge in [-0.3, -0.25) is 4.90 Å². The van der Waals surface area contributed by atoms with Crippen molar-refractivity contribution in [3.8, 4) is 0 Å². The summed E-state index contributed by atoms with van der Waals surface area (Å²) in [5, 5.41) is 19.7. The molecule has 2 aromatic carbocycles. The number of sulfonamides is 1. The molecule has 6 nitrogen and oxygen atoms in total. The van der Waals surface area contributed by atoms with Gasteiger partial charge in [0.15, 0.2) is 0 Å². The molecule has 1 heterocycles. The molecular formula is C19H24N2O4S. The number of hydrogen-bond acceptors (Lipinski definition) is 5. The van der Waals surface area contributed by atoms with Crippen LogP contribution in [0.4, 0.5) is 0 Å². The smallest absolute Gasteiger partial charge is 0.243 e. The van der Waals surface area contributed by atoms with E-state index in [1.807, 2.05) is 35.2 Å². The van der Waals surface area contributed by atoms with E-state index in [1.165, 1.54) is 4.31 Å². The molecule has 3 rings (SSSR count). The molecule has 2 aromatic rings. The maximum Gasteiger partial charge on any atom is 0.243 e. The van der Waals surface area contributed by atoms with Crippen molar-refractivity contribution >= 4 is 10.0 Å². The first kappa shape index (κ1) is 19.0. The highest BCUT2D eigenvalue weighted by Gasteiger charge is 2.39. The SMILES string of the molecule is O=S(=O)(c1ccccc1)N1CC(CO)N(Cc2ccccc2)[C@@H](CO)C1. The Bertz CT molecular complexity index is 785. The van der Waals surface area contributed by atoms with Crippen LogP contribution in [0.2, 0.25) is 0 Å². The third-order valence-corrected chi connectivity index (χ3v) is 6.62. The van der Waals surface area contributed by atoms with Crippen LogP contribution in [0.25, 0.3) is 0 Å². The summed E-state index contributed by atoms with van der Waals surface area (Å²) in [5.41, 5.74) is 1.06. The molecule has 2 atom stereocenters. The van der Waals surface area contributed by atoms with Crippen LogP contribution < -0.4 is 0 Å². The van der Waals surface area contributed by atoms with Crippen molar-refractivity contribution in [1.29, 1.82) is 0 Å². The van der Waals surface area contributed by atoms with Crippen molar-refractivity contribution in [3.05, 3.63) is 66.2 Å². The van der Waals surface area contributed by atoms with Crippen molar-refractivity contribution < 1.29 is 18.6 Å². The zero-order valence-electron chi connectivity index (χ0n) is 14.5. The summed E-state index contributed by atoms with van der Waals surface area (Å²) in [6.07, 6.45) is 0. The highest BCUT2D eigenvalue weighted by atomic mass is 32.2. The molecule has 0 aliphatic carbocycles. The fraction of sp³-hybridized carbons (Fsp3) is 0.368. The predicted molar refractivity (Wildman–Crippen MR) is 98.9 cm³/mol. The molecular weight excluding hydrogens is 352 g/mol. The molecule has 1 aliphatic heterocycles. The third kappa shape index (κ3) is 3.97. The largest absolute Gasteiger partial charge is 0.395 e. The Kier molecular flexibility index (Phi) is 6.05. The molecule has 0 spiro atoms. The second-order valence-electron chi connectivity index (χ2n) is 6.47. The lowest BCUT2D eigenvalue weighted by Gasteiger charge is -2.45. The van der Waals surface area contributed by atoms with E-state index in [0.717, 1.165) is 5.56 Å². The molecule has 0 bridgehead atoms. The zero-order valence-corrected chi connectivity index (χ0v) is 15.3. The van der Waals surface area contributed by atoms with Gasteiger partial charge in [-0.05, 0) is 17.7 Å². The lowest BCUT2D eigenvalue weighted by atomic mass is 10.1. The summed E-state index contributed by atoms with van der Waals surface area (Å²) in [7, 11) is -3.66. The van der Waals surface area contributed by atoms with Gasteiger partial charge in [-0.15, -0.1) is 0 Å². The standard InChI is InChI=1S/C19H24N2O4S/c22-14-17-12-20(26(24,25)19-9-5-2-6-10-19)13-18(15-23)21(17)11-16-7-3-1-4-8-16/h1-10,17-18,22-23H,11-15H2/t17-,18?/m1/s1. The lowest BCUT2D eigenvalue weighted by Crippen LogP contribution is -2.61. The van der Waals surface area contributed by atoms with E-state index in [-0.39, 0.29) is 43.3 Å². The Morgan fingerprint density at radius 3 is 1.85 bits per heavy atom. The van der Waals surface area contributed by atoms with E-state index in [2.05, 4.69) is 0 Å². The van der Waals surface area contributed by atoms with Crippen molar-refractivity contribution in [1.82, 2.24) is 9.21 Å². The molecule has 1 aliphatic rings. The Morgan fingerprint density at radius 1 is 0.846 bits per heavy atom. The van der Waals surface area contributed by atoms with E-state index in [9.17, 15) is 18.6 Å². The average Bonchev–Trinajstić information content (AvgIpc) is 2.69. The molecule has 0 amide bonds. The van der Waals surface area contributed by atoms with Gasteiger partial charge < -0.3 is 10.2 Å². The first-order valence-electron chi connectivity index (χ1n) is 8.63. The minimum atomic E-state index is -3.66. The zero-order chi connectivity index (χ0) is 18.6. The predicted octanol–water partition coefficient (Wildman–Crippen LogP) is 0.915. The number of hydrogen-bond donors (Lipinski definition) is 2. The Balaban J connectivity index is 1.84. The molecule has 0 saturated carbocycles. The average molecular weight is 376 g/mol. The Labute approximate surface area is 154 Å². The number of aliphatic hydroxyl groups is 2. The van der Waals surface area contributed by atoms with Gasteiger partial charge in [0.05, 0.1) is 18.1 Å². The number of piperazine rings is 1. The van der Waals surface area contributed by atoms with E-state index < -0.39 is 10.0 Å². The van der Waals surface area contributed by atoms with Crippen molar-refractivity contribution in [3.63, 3.8) is 0 Å². The molecule has 1 unspecified atom stereocenters. The Hall–Kier alpha value is -1.77. The van der Waals surface area contributed by atoms with Crippen molar-refractivity contribution in [2.24, 2.45) is 0 Å². The second kappa shape index (κ2) is 8.28. The van der Waals surface area contributed by atoms with Gasteiger partial charge in [0.1, 0.15) is 0 Å². The van der Waals surface area contributed by atoms with Crippen molar-refractivity contribution in [2.45, 2.75) is 23.5 Å². The quantitative estimate of drug-likeness (QED) is 0.783. The van der Waals surface area contributed by atoms with Gasteiger partial charge in [-0.1, -0.05) is 48.5 Å². The minimum absolute atomic E-state index is 0.176. The number of rotatable bonds is 6. The van der Waals surface area contributed by atoms with E-state index >= 15 is 0 Å². The summed E-state index contributed by atoms with van der Waals surface area (Å²) in [6, 6.07) is 17.3. The number of nitrogens with zero attached hydrogens (tertiary/aromatic N) is 2. The number of aliphatic hydroxyl groups excluding tert-OH is 2. The van der Waals surface area contributed by atoms with Crippen LogP contribution in [0.3, 0.4) is 0 Å². The molecule has 0 radical (unpaired) electrons. The normalized spacial score (nSPS) is 22.4. The van der Waals surface area contributed by atoms with Crippen LogP contribution in [-0.2, 0) is 16.6 Å². The summed E-state index contributed by atoms with van der Waals surface area (Å²) in [6.45, 7) is 0.582. The van der Waals surface area contributed by atoms with Crippen LogP contribution in [0.1, 0.15) is 5.56 Å². The molecule has 26 heavy (non-hydrogen) atoms. The van der Waals surface area contributed by atoms with E-state index in [0.29, 0.717) is 6.54 Å². The molecule has 1 saturated heterocycles. The molecule has 140 valence electrons. The molecule has 1 fully saturated rings. The summed E-state index contributed by atoms with van der Waals surface area (Å²) < 4.78 is 27.2. The monoisotopic (exact) mass is 376 g/mol.